The van der Waals surface area contributed by atoms with Gasteiger partial charge in [-0.2, -0.15) is 18.3 Å². The second-order valence-corrected chi connectivity index (χ2v) is 6.73. The molecule has 150 valence electrons. The minimum Gasteiger partial charge on any atom is -0.276 e. The maximum absolute atomic E-state index is 13.8. The van der Waals surface area contributed by atoms with Gasteiger partial charge in [0.25, 0.3) is 6.43 Å². The van der Waals surface area contributed by atoms with Crippen molar-refractivity contribution in [2.45, 2.75) is 25.6 Å². The minimum absolute atomic E-state index is 0.112. The molecule has 1 unspecified atom stereocenters. The number of halogens is 6. The zero-order valence-electron chi connectivity index (χ0n) is 14.9. The van der Waals surface area contributed by atoms with Crippen molar-refractivity contribution in [3.05, 3.63) is 58.9 Å². The van der Waals surface area contributed by atoms with Crippen LogP contribution in [0.1, 0.15) is 12.5 Å². The number of allylic oxidation sites excluding steroid dienone is 3. The highest BCUT2D eigenvalue weighted by Crippen LogP contribution is 2.39. The molecule has 0 amide bonds. The van der Waals surface area contributed by atoms with E-state index in [-0.39, 0.29) is 22.0 Å². The lowest BCUT2D eigenvalue weighted by Crippen LogP contribution is -2.50. The Kier molecular flexibility index (Phi) is 5.24. The third kappa shape index (κ3) is 3.51. The van der Waals surface area contributed by atoms with Crippen molar-refractivity contribution in [2.75, 3.05) is 7.05 Å². The molecule has 1 aliphatic rings. The fraction of sp³-hybridized carbons (Fsp3) is 0.278. The zero-order valence-corrected chi connectivity index (χ0v) is 15.6. The third-order valence-corrected chi connectivity index (χ3v) is 4.87. The van der Waals surface area contributed by atoms with E-state index in [4.69, 9.17) is 11.6 Å². The molecule has 0 fully saturated rings. The Morgan fingerprint density at radius 1 is 1.25 bits per heavy atom. The molecular formula is C18H16ClF5N4. The molecule has 1 aromatic heterocycles. The van der Waals surface area contributed by atoms with E-state index >= 15 is 0 Å². The largest absolute Gasteiger partial charge is 0.405 e. The number of nitrogens with zero attached hydrogens (tertiary/aromatic N) is 3. The summed E-state index contributed by atoms with van der Waals surface area (Å²) in [5, 5.41) is 9.15. The molecule has 1 atom stereocenters. The Balaban J connectivity index is 2.22. The van der Waals surface area contributed by atoms with Gasteiger partial charge in [-0.15, -0.1) is 0 Å². The first-order chi connectivity index (χ1) is 13.0. The van der Waals surface area contributed by atoms with Gasteiger partial charge >= 0.3 is 6.18 Å². The third-order valence-electron chi connectivity index (χ3n) is 4.57. The summed E-state index contributed by atoms with van der Waals surface area (Å²) < 4.78 is 67.4. The first-order valence-electron chi connectivity index (χ1n) is 8.14. The van der Waals surface area contributed by atoms with Gasteiger partial charge in [-0.25, -0.2) is 13.8 Å². The highest BCUT2D eigenvalue weighted by molar-refractivity contribution is 6.35. The summed E-state index contributed by atoms with van der Waals surface area (Å²) in [4.78, 5) is 0. The van der Waals surface area contributed by atoms with Crippen molar-refractivity contribution in [1.29, 1.82) is 0 Å². The molecule has 1 N–H and O–H groups in total. The number of nitrogens with one attached hydrogen (secondary N) is 1. The minimum atomic E-state index is -4.57. The van der Waals surface area contributed by atoms with Gasteiger partial charge in [0.2, 0.25) is 0 Å². The molecule has 1 aromatic carbocycles. The van der Waals surface area contributed by atoms with Crippen LogP contribution in [-0.4, -0.2) is 45.9 Å². The number of hydrazine groups is 1. The highest BCUT2D eigenvalue weighted by Gasteiger charge is 2.42. The van der Waals surface area contributed by atoms with Crippen LogP contribution in [0, 0.1) is 0 Å². The molecule has 0 saturated carbocycles. The molecule has 3 rings (SSSR count). The number of benzene rings is 1. The van der Waals surface area contributed by atoms with Gasteiger partial charge in [0.15, 0.2) is 0 Å². The summed E-state index contributed by atoms with van der Waals surface area (Å²) >= 11 is 6.21. The second-order valence-electron chi connectivity index (χ2n) is 6.32. The second kappa shape index (κ2) is 7.21. The van der Waals surface area contributed by atoms with E-state index < -0.39 is 24.2 Å². The van der Waals surface area contributed by atoms with Crippen LogP contribution < -0.4 is 0 Å². The summed E-state index contributed by atoms with van der Waals surface area (Å²) in [7, 11) is 1.17. The van der Waals surface area contributed by atoms with Crippen LogP contribution in [0.25, 0.3) is 16.6 Å². The van der Waals surface area contributed by atoms with E-state index in [2.05, 4.69) is 16.8 Å². The van der Waals surface area contributed by atoms with Crippen LogP contribution >= 0.6 is 11.6 Å². The molecule has 0 saturated heterocycles. The van der Waals surface area contributed by atoms with E-state index in [0.717, 1.165) is 23.0 Å². The predicted octanol–water partition coefficient (Wildman–Crippen LogP) is 5.38. The predicted molar refractivity (Wildman–Crippen MR) is 97.4 cm³/mol. The standard InChI is InChI=1S/C18H16ClF5N4/c1-9-4-5-13(17(20)21)16(28(9)27(3)10(2)18(22,23)24)11-6-12-8-25-26-15(12)14(19)7-11/h4-8,10,17H,1H2,2-3H3,(H,25,26). The smallest absolute Gasteiger partial charge is 0.276 e. The van der Waals surface area contributed by atoms with Crippen molar-refractivity contribution >= 4 is 28.2 Å². The summed E-state index contributed by atoms with van der Waals surface area (Å²) in [5.41, 5.74) is 0.277. The summed E-state index contributed by atoms with van der Waals surface area (Å²) in [6, 6.07) is 0.997. The van der Waals surface area contributed by atoms with E-state index in [1.54, 1.807) is 0 Å². The molecule has 2 aromatic rings. The molecule has 1 aliphatic heterocycles. The van der Waals surface area contributed by atoms with Gasteiger partial charge in [-0.1, -0.05) is 18.2 Å². The van der Waals surface area contributed by atoms with Crippen molar-refractivity contribution in [1.82, 2.24) is 20.2 Å². The molecule has 10 heteroatoms. The maximum atomic E-state index is 13.8. The van der Waals surface area contributed by atoms with E-state index in [9.17, 15) is 22.0 Å². The summed E-state index contributed by atoms with van der Waals surface area (Å²) in [6.07, 6.45) is -3.64. The molecule has 2 heterocycles. The Hall–Kier alpha value is -2.39. The number of hydrogen-bond donors (Lipinski definition) is 1. The molecule has 0 aliphatic carbocycles. The van der Waals surface area contributed by atoms with Crippen molar-refractivity contribution in [2.24, 2.45) is 0 Å². The SMILES string of the molecule is C=C1C=CC(C(F)F)=C(c2cc(Cl)c3[nH]ncc3c2)N1N(C)C(C)C(F)(F)F. The van der Waals surface area contributed by atoms with Crippen LogP contribution in [0.5, 0.6) is 0 Å². The number of hydrogen-bond acceptors (Lipinski definition) is 3. The van der Waals surface area contributed by atoms with Gasteiger partial charge in [-0.05, 0) is 31.2 Å². The van der Waals surface area contributed by atoms with Crippen LogP contribution in [0.15, 0.2) is 48.3 Å². The first-order valence-corrected chi connectivity index (χ1v) is 8.52. The molecule has 0 spiro atoms. The van der Waals surface area contributed by atoms with Gasteiger partial charge < -0.3 is 0 Å². The van der Waals surface area contributed by atoms with E-state index in [1.807, 2.05) is 0 Å². The first kappa shape index (κ1) is 20.3. The zero-order chi connectivity index (χ0) is 20.8. The van der Waals surface area contributed by atoms with Gasteiger partial charge in [0, 0.05) is 23.6 Å². The molecular weight excluding hydrogens is 403 g/mol. The average molecular weight is 419 g/mol. The fourth-order valence-corrected chi connectivity index (χ4v) is 3.23. The van der Waals surface area contributed by atoms with Crippen molar-refractivity contribution in [3.8, 4) is 0 Å². The van der Waals surface area contributed by atoms with Crippen LogP contribution in [-0.2, 0) is 0 Å². The number of rotatable bonds is 4. The lowest BCUT2D eigenvalue weighted by atomic mass is 10.0. The van der Waals surface area contributed by atoms with Crippen molar-refractivity contribution < 1.29 is 22.0 Å². The maximum Gasteiger partial charge on any atom is 0.405 e. The Labute approximate surface area is 162 Å². The lowest BCUT2D eigenvalue weighted by molar-refractivity contribution is -0.196. The monoisotopic (exact) mass is 418 g/mol. The summed E-state index contributed by atoms with van der Waals surface area (Å²) in [6.45, 7) is 4.67. The number of H-pyrrole nitrogens is 1. The molecule has 4 nitrogen and oxygen atoms in total. The number of fused-ring (bicyclic) bond motifs is 1. The quantitative estimate of drug-likeness (QED) is 0.677. The number of aromatic nitrogens is 2. The molecule has 0 radical (unpaired) electrons. The normalized spacial score (nSPS) is 16.8. The van der Waals surface area contributed by atoms with Crippen LogP contribution in [0.3, 0.4) is 0 Å². The highest BCUT2D eigenvalue weighted by atomic mass is 35.5. The van der Waals surface area contributed by atoms with Gasteiger partial charge in [0.05, 0.1) is 28.1 Å². The molecule has 0 bridgehead atoms. The van der Waals surface area contributed by atoms with Crippen LogP contribution in [0.2, 0.25) is 5.02 Å². The number of aromatic amines is 1. The van der Waals surface area contributed by atoms with Crippen molar-refractivity contribution in [3.63, 3.8) is 0 Å². The Morgan fingerprint density at radius 2 is 1.93 bits per heavy atom. The topological polar surface area (TPSA) is 35.2 Å². The van der Waals surface area contributed by atoms with E-state index in [1.165, 1.54) is 31.5 Å². The van der Waals surface area contributed by atoms with Gasteiger partial charge in [0.1, 0.15) is 6.04 Å². The summed E-state index contributed by atoms with van der Waals surface area (Å²) in [5.74, 6) is 0. The fourth-order valence-electron chi connectivity index (χ4n) is 2.96. The Bertz CT molecular complexity index is 976. The lowest BCUT2D eigenvalue weighted by Gasteiger charge is -2.42. The van der Waals surface area contributed by atoms with E-state index in [0.29, 0.717) is 10.9 Å². The van der Waals surface area contributed by atoms with Crippen LogP contribution in [0.4, 0.5) is 22.0 Å². The van der Waals surface area contributed by atoms with Gasteiger partial charge in [-0.3, -0.25) is 10.1 Å². The number of alkyl halides is 5. The Morgan fingerprint density at radius 3 is 2.54 bits per heavy atom. The molecule has 28 heavy (non-hydrogen) atoms. The average Bonchev–Trinajstić information content (AvgIpc) is 3.08.